The highest BCUT2D eigenvalue weighted by Gasteiger charge is 2.21. The topological polar surface area (TPSA) is 46.9 Å². The molecule has 1 N–H and O–H groups in total. The Labute approximate surface area is 116 Å². The zero-order chi connectivity index (χ0) is 13.2. The van der Waals surface area contributed by atoms with E-state index in [2.05, 4.69) is 14.9 Å². The Morgan fingerprint density at radius 1 is 1.37 bits per heavy atom. The molecule has 0 bridgehead atoms. The number of carbonyl (C=O) groups is 1. The molecule has 2 aromatic rings. The third-order valence-electron chi connectivity index (χ3n) is 3.39. The Morgan fingerprint density at radius 2 is 2.16 bits per heavy atom. The van der Waals surface area contributed by atoms with Crippen LogP contribution in [0, 0.1) is 0 Å². The highest BCUT2D eigenvalue weighted by molar-refractivity contribution is 6.30. The molecular formula is C14H14ClN3O. The molecule has 0 saturated carbocycles. The van der Waals surface area contributed by atoms with E-state index in [1.807, 2.05) is 6.20 Å². The summed E-state index contributed by atoms with van der Waals surface area (Å²) >= 11 is 5.81. The van der Waals surface area contributed by atoms with Crippen molar-refractivity contribution in [2.24, 2.45) is 0 Å². The van der Waals surface area contributed by atoms with Gasteiger partial charge < -0.3 is 9.88 Å². The SMILES string of the molecule is O=C(NC1CCn2ccnc2C1)c1ccc(Cl)cc1. The number of imidazole rings is 1. The highest BCUT2D eigenvalue weighted by atomic mass is 35.5. The Bertz CT molecular complexity index is 591. The van der Waals surface area contributed by atoms with Gasteiger partial charge in [0, 0.05) is 42.0 Å². The molecule has 1 unspecified atom stereocenters. The van der Waals surface area contributed by atoms with Gasteiger partial charge in [0.05, 0.1) is 0 Å². The fourth-order valence-electron chi connectivity index (χ4n) is 2.34. The monoisotopic (exact) mass is 275 g/mol. The maximum atomic E-state index is 12.1. The molecule has 1 aromatic carbocycles. The number of amides is 1. The van der Waals surface area contributed by atoms with Gasteiger partial charge in [-0.3, -0.25) is 4.79 Å². The average Bonchev–Trinajstić information content (AvgIpc) is 2.87. The van der Waals surface area contributed by atoms with Crippen LogP contribution in [0.5, 0.6) is 0 Å². The summed E-state index contributed by atoms with van der Waals surface area (Å²) in [6, 6.07) is 7.08. The van der Waals surface area contributed by atoms with Crippen molar-refractivity contribution in [2.45, 2.75) is 25.4 Å². The molecule has 0 saturated heterocycles. The molecule has 1 aromatic heterocycles. The van der Waals surface area contributed by atoms with Crippen LogP contribution < -0.4 is 5.32 Å². The lowest BCUT2D eigenvalue weighted by Crippen LogP contribution is -2.40. The number of carbonyl (C=O) groups excluding carboxylic acids is 1. The molecule has 4 nitrogen and oxygen atoms in total. The number of hydrogen-bond donors (Lipinski definition) is 1. The van der Waals surface area contributed by atoms with Gasteiger partial charge in [-0.1, -0.05) is 11.6 Å². The fraction of sp³-hybridized carbons (Fsp3) is 0.286. The first-order valence-electron chi connectivity index (χ1n) is 6.29. The van der Waals surface area contributed by atoms with Crippen LogP contribution in [0.2, 0.25) is 5.02 Å². The number of aromatic nitrogens is 2. The van der Waals surface area contributed by atoms with Crippen LogP contribution in [-0.2, 0) is 13.0 Å². The van der Waals surface area contributed by atoms with Crippen molar-refractivity contribution in [3.8, 4) is 0 Å². The van der Waals surface area contributed by atoms with E-state index in [4.69, 9.17) is 11.6 Å². The quantitative estimate of drug-likeness (QED) is 0.914. The summed E-state index contributed by atoms with van der Waals surface area (Å²) in [5.41, 5.74) is 0.637. The molecule has 1 aliphatic rings. The van der Waals surface area contributed by atoms with Crippen LogP contribution in [0.1, 0.15) is 22.6 Å². The second-order valence-electron chi connectivity index (χ2n) is 4.71. The van der Waals surface area contributed by atoms with Gasteiger partial charge in [0.15, 0.2) is 0 Å². The number of aryl methyl sites for hydroxylation is 1. The van der Waals surface area contributed by atoms with Crippen molar-refractivity contribution >= 4 is 17.5 Å². The second kappa shape index (κ2) is 5.05. The Balaban J connectivity index is 1.66. The number of benzene rings is 1. The summed E-state index contributed by atoms with van der Waals surface area (Å²) in [7, 11) is 0. The van der Waals surface area contributed by atoms with E-state index in [9.17, 15) is 4.79 Å². The van der Waals surface area contributed by atoms with Crippen molar-refractivity contribution in [3.05, 3.63) is 53.1 Å². The van der Waals surface area contributed by atoms with Crippen molar-refractivity contribution in [2.75, 3.05) is 0 Å². The van der Waals surface area contributed by atoms with Crippen molar-refractivity contribution < 1.29 is 4.79 Å². The van der Waals surface area contributed by atoms with Crippen molar-refractivity contribution in [1.29, 1.82) is 0 Å². The summed E-state index contributed by atoms with van der Waals surface area (Å²) < 4.78 is 2.13. The largest absolute Gasteiger partial charge is 0.349 e. The van der Waals surface area contributed by atoms with Gasteiger partial charge in [-0.25, -0.2) is 4.98 Å². The van der Waals surface area contributed by atoms with Crippen molar-refractivity contribution in [1.82, 2.24) is 14.9 Å². The van der Waals surface area contributed by atoms with Crippen LogP contribution in [0.25, 0.3) is 0 Å². The first-order chi connectivity index (χ1) is 9.22. The van der Waals surface area contributed by atoms with Crippen molar-refractivity contribution in [3.63, 3.8) is 0 Å². The fourth-order valence-corrected chi connectivity index (χ4v) is 2.47. The Kier molecular flexibility index (Phi) is 3.25. The van der Waals surface area contributed by atoms with Crippen LogP contribution >= 0.6 is 11.6 Å². The second-order valence-corrected chi connectivity index (χ2v) is 5.14. The standard InChI is InChI=1S/C14H14ClN3O/c15-11-3-1-10(2-4-11)14(19)17-12-5-7-18-8-6-16-13(18)9-12/h1-4,6,8,12H,5,7,9H2,(H,17,19). The molecule has 0 spiro atoms. The van der Waals surface area contributed by atoms with Gasteiger partial charge in [0.1, 0.15) is 5.82 Å². The number of nitrogens with zero attached hydrogens (tertiary/aromatic N) is 2. The molecule has 3 rings (SSSR count). The predicted octanol–water partition coefficient (Wildman–Crippen LogP) is 2.28. The van der Waals surface area contributed by atoms with E-state index in [0.717, 1.165) is 25.2 Å². The van der Waals surface area contributed by atoms with Gasteiger partial charge in [-0.05, 0) is 30.7 Å². The third kappa shape index (κ3) is 2.63. The number of fused-ring (bicyclic) bond motifs is 1. The molecule has 1 amide bonds. The minimum Gasteiger partial charge on any atom is -0.349 e. The Hall–Kier alpha value is -1.81. The lowest BCUT2D eigenvalue weighted by molar-refractivity contribution is 0.0930. The van der Waals surface area contributed by atoms with E-state index in [-0.39, 0.29) is 11.9 Å². The molecule has 0 aliphatic carbocycles. The summed E-state index contributed by atoms with van der Waals surface area (Å²) in [6.45, 7) is 0.904. The van der Waals surface area contributed by atoms with Crippen LogP contribution in [-0.4, -0.2) is 21.5 Å². The average molecular weight is 276 g/mol. The van der Waals surface area contributed by atoms with Crippen LogP contribution in [0.15, 0.2) is 36.7 Å². The van der Waals surface area contributed by atoms with E-state index >= 15 is 0 Å². The molecule has 0 radical (unpaired) electrons. The zero-order valence-corrected chi connectivity index (χ0v) is 11.1. The van der Waals surface area contributed by atoms with E-state index < -0.39 is 0 Å². The van der Waals surface area contributed by atoms with Gasteiger partial charge in [-0.2, -0.15) is 0 Å². The molecule has 2 heterocycles. The maximum absolute atomic E-state index is 12.1. The van der Waals surface area contributed by atoms with Crippen LogP contribution in [0.4, 0.5) is 0 Å². The first-order valence-corrected chi connectivity index (χ1v) is 6.66. The third-order valence-corrected chi connectivity index (χ3v) is 3.64. The van der Waals surface area contributed by atoms with Gasteiger partial charge in [0.25, 0.3) is 5.91 Å². The summed E-state index contributed by atoms with van der Waals surface area (Å²) in [5.74, 6) is 0.981. The van der Waals surface area contributed by atoms with Gasteiger partial charge in [-0.15, -0.1) is 0 Å². The molecule has 0 fully saturated rings. The molecule has 98 valence electrons. The predicted molar refractivity (Wildman–Crippen MR) is 73.3 cm³/mol. The normalized spacial score (nSPS) is 17.8. The number of nitrogens with one attached hydrogen (secondary N) is 1. The smallest absolute Gasteiger partial charge is 0.251 e. The van der Waals surface area contributed by atoms with E-state index in [1.165, 1.54) is 0 Å². The molecular weight excluding hydrogens is 262 g/mol. The minimum absolute atomic E-state index is 0.0540. The highest BCUT2D eigenvalue weighted by Crippen LogP contribution is 2.14. The summed E-state index contributed by atoms with van der Waals surface area (Å²) in [4.78, 5) is 16.4. The van der Waals surface area contributed by atoms with Crippen LogP contribution in [0.3, 0.4) is 0 Å². The number of hydrogen-bond acceptors (Lipinski definition) is 2. The molecule has 5 heteroatoms. The zero-order valence-electron chi connectivity index (χ0n) is 10.3. The molecule has 1 aliphatic heterocycles. The lowest BCUT2D eigenvalue weighted by atomic mass is 10.1. The maximum Gasteiger partial charge on any atom is 0.251 e. The van der Waals surface area contributed by atoms with Gasteiger partial charge in [0.2, 0.25) is 0 Å². The molecule has 19 heavy (non-hydrogen) atoms. The Morgan fingerprint density at radius 3 is 2.95 bits per heavy atom. The van der Waals surface area contributed by atoms with Gasteiger partial charge >= 0.3 is 0 Å². The minimum atomic E-state index is -0.0540. The number of rotatable bonds is 2. The molecule has 1 atom stereocenters. The summed E-state index contributed by atoms with van der Waals surface area (Å²) in [6.07, 6.45) is 5.50. The number of halogens is 1. The summed E-state index contributed by atoms with van der Waals surface area (Å²) in [5, 5.41) is 3.69. The van der Waals surface area contributed by atoms with E-state index in [1.54, 1.807) is 30.5 Å². The van der Waals surface area contributed by atoms with E-state index in [0.29, 0.717) is 10.6 Å². The lowest BCUT2D eigenvalue weighted by Gasteiger charge is -2.24. The first kappa shape index (κ1) is 12.2.